The molecule has 0 radical (unpaired) electrons. The summed E-state index contributed by atoms with van der Waals surface area (Å²) < 4.78 is 6.74. The highest BCUT2D eigenvalue weighted by atomic mass is 79.9. The number of aromatic nitrogens is 1. The number of rotatable bonds is 3. The largest absolute Gasteiger partial charge is 0.488 e. The summed E-state index contributed by atoms with van der Waals surface area (Å²) in [6.07, 6.45) is 1.70. The summed E-state index contributed by atoms with van der Waals surface area (Å²) in [5.41, 5.74) is 2.39. The van der Waals surface area contributed by atoms with Gasteiger partial charge in [0.1, 0.15) is 11.9 Å². The average molecular weight is 433 g/mol. The van der Waals surface area contributed by atoms with Crippen LogP contribution in [0.5, 0.6) is 5.75 Å². The summed E-state index contributed by atoms with van der Waals surface area (Å²) in [6, 6.07) is 12.7. The van der Waals surface area contributed by atoms with Crippen molar-refractivity contribution in [3.05, 3.63) is 73.4 Å². The fourth-order valence-corrected chi connectivity index (χ4v) is 4.16. The van der Waals surface area contributed by atoms with E-state index in [1.165, 1.54) is 6.07 Å². The topological polar surface area (TPSA) is 59.2 Å². The number of ketones is 1. The van der Waals surface area contributed by atoms with Gasteiger partial charge in [0.05, 0.1) is 10.0 Å². The van der Waals surface area contributed by atoms with Crippen LogP contribution in [0.25, 0.3) is 10.9 Å². The third-order valence-electron chi connectivity index (χ3n) is 4.55. The lowest BCUT2D eigenvalue weighted by Gasteiger charge is -2.26. The first-order valence-electron chi connectivity index (χ1n) is 8.30. The molecule has 1 aromatic heterocycles. The predicted molar refractivity (Wildman–Crippen MR) is 105 cm³/mol. The molecule has 1 aliphatic heterocycles. The van der Waals surface area contributed by atoms with E-state index in [0.29, 0.717) is 27.2 Å². The zero-order valence-electron chi connectivity index (χ0n) is 13.7. The summed E-state index contributed by atoms with van der Waals surface area (Å²) in [7, 11) is 0. The molecular formula is C20H15BrClNO3. The maximum atomic E-state index is 12.4. The van der Waals surface area contributed by atoms with Crippen LogP contribution in [0.1, 0.15) is 28.8 Å². The summed E-state index contributed by atoms with van der Waals surface area (Å²) >= 11 is 9.45. The minimum atomic E-state index is -0.168. The average Bonchev–Trinajstić information content (AvgIpc) is 2.61. The van der Waals surface area contributed by atoms with E-state index in [1.54, 1.807) is 12.1 Å². The molecule has 6 heteroatoms. The second-order valence-corrected chi connectivity index (χ2v) is 7.71. The van der Waals surface area contributed by atoms with E-state index in [4.69, 9.17) is 16.3 Å². The molecule has 1 atom stereocenters. The molecule has 26 heavy (non-hydrogen) atoms. The zero-order valence-corrected chi connectivity index (χ0v) is 16.1. The van der Waals surface area contributed by atoms with Gasteiger partial charge in [-0.1, -0.05) is 17.7 Å². The molecule has 0 saturated carbocycles. The molecule has 4 rings (SSSR count). The fourth-order valence-electron chi connectivity index (χ4n) is 3.26. The molecule has 0 fully saturated rings. The monoisotopic (exact) mass is 431 g/mol. The van der Waals surface area contributed by atoms with Crippen molar-refractivity contribution in [3.8, 4) is 5.75 Å². The van der Waals surface area contributed by atoms with Crippen LogP contribution in [-0.4, -0.2) is 16.9 Å². The predicted octanol–water partition coefficient (Wildman–Crippen LogP) is 4.91. The van der Waals surface area contributed by atoms with Crippen LogP contribution >= 0.6 is 27.5 Å². The molecule has 0 bridgehead atoms. The molecule has 0 aliphatic carbocycles. The van der Waals surface area contributed by atoms with Crippen molar-refractivity contribution in [3.63, 3.8) is 0 Å². The standard InChI is InChI=1S/C20H15BrClNO3/c21-16-9-13(22)8-15-18(24)10-14(26-20(15)16)4-1-11-2-5-17-12(7-11)3-6-19(25)23-17/h2-3,5-9,14H,1,4,10H2,(H,23,25). The summed E-state index contributed by atoms with van der Waals surface area (Å²) in [4.78, 5) is 26.6. The quantitative estimate of drug-likeness (QED) is 0.640. The van der Waals surface area contributed by atoms with Crippen LogP contribution in [0.2, 0.25) is 5.02 Å². The van der Waals surface area contributed by atoms with Gasteiger partial charge in [0.2, 0.25) is 5.56 Å². The molecular weight excluding hydrogens is 418 g/mol. The van der Waals surface area contributed by atoms with E-state index in [-0.39, 0.29) is 17.4 Å². The van der Waals surface area contributed by atoms with Crippen molar-refractivity contribution in [1.82, 2.24) is 4.98 Å². The van der Waals surface area contributed by atoms with E-state index in [1.807, 2.05) is 18.2 Å². The van der Waals surface area contributed by atoms with E-state index in [9.17, 15) is 9.59 Å². The molecule has 3 aromatic rings. The number of hydrogen-bond acceptors (Lipinski definition) is 3. The summed E-state index contributed by atoms with van der Waals surface area (Å²) in [5.74, 6) is 0.627. The molecule has 1 N–H and O–H groups in total. The van der Waals surface area contributed by atoms with Gasteiger partial charge in [-0.3, -0.25) is 9.59 Å². The highest BCUT2D eigenvalue weighted by Crippen LogP contribution is 2.38. The second kappa shape index (κ2) is 6.89. The number of pyridine rings is 1. The van der Waals surface area contributed by atoms with Gasteiger partial charge in [0.15, 0.2) is 5.78 Å². The fraction of sp³-hybridized carbons (Fsp3) is 0.200. The molecule has 2 heterocycles. The highest BCUT2D eigenvalue weighted by Gasteiger charge is 2.28. The maximum absolute atomic E-state index is 12.4. The van der Waals surface area contributed by atoms with E-state index in [0.717, 1.165) is 29.3 Å². The van der Waals surface area contributed by atoms with Crippen LogP contribution < -0.4 is 10.3 Å². The number of nitrogens with one attached hydrogen (secondary N) is 1. The second-order valence-electron chi connectivity index (χ2n) is 6.41. The Labute approximate surface area is 163 Å². The number of ether oxygens (including phenoxy) is 1. The first-order valence-corrected chi connectivity index (χ1v) is 9.47. The number of hydrogen-bond donors (Lipinski definition) is 1. The molecule has 132 valence electrons. The number of benzene rings is 2. The molecule has 0 spiro atoms. The van der Waals surface area contributed by atoms with Gasteiger partial charge in [0, 0.05) is 23.0 Å². The molecule has 4 nitrogen and oxygen atoms in total. The Bertz CT molecular complexity index is 1080. The highest BCUT2D eigenvalue weighted by molar-refractivity contribution is 9.10. The Morgan fingerprint density at radius 2 is 2.00 bits per heavy atom. The maximum Gasteiger partial charge on any atom is 0.248 e. The normalized spacial score (nSPS) is 16.4. The van der Waals surface area contributed by atoms with Crippen LogP contribution in [0.3, 0.4) is 0 Å². The van der Waals surface area contributed by atoms with Crippen molar-refractivity contribution in [2.75, 3.05) is 0 Å². The third kappa shape index (κ3) is 3.41. The van der Waals surface area contributed by atoms with Crippen LogP contribution in [-0.2, 0) is 6.42 Å². The third-order valence-corrected chi connectivity index (χ3v) is 5.36. The number of Topliss-reactive ketones (excluding diaryl/α,β-unsaturated/α-hetero) is 1. The van der Waals surface area contributed by atoms with Gasteiger partial charge in [-0.2, -0.15) is 0 Å². The zero-order chi connectivity index (χ0) is 18.3. The Morgan fingerprint density at radius 1 is 1.15 bits per heavy atom. The van der Waals surface area contributed by atoms with Crippen molar-refractivity contribution in [1.29, 1.82) is 0 Å². The van der Waals surface area contributed by atoms with Gasteiger partial charge < -0.3 is 9.72 Å². The lowest BCUT2D eigenvalue weighted by atomic mass is 9.96. The SMILES string of the molecule is O=C1CC(CCc2ccc3[nH]c(=O)ccc3c2)Oc2c(Br)cc(Cl)cc21. The number of fused-ring (bicyclic) bond motifs is 2. The van der Waals surface area contributed by atoms with Gasteiger partial charge in [-0.05, 0) is 70.1 Å². The smallest absolute Gasteiger partial charge is 0.248 e. The molecule has 2 aromatic carbocycles. The van der Waals surface area contributed by atoms with Crippen molar-refractivity contribution >= 4 is 44.2 Å². The van der Waals surface area contributed by atoms with Gasteiger partial charge in [0.25, 0.3) is 0 Å². The van der Waals surface area contributed by atoms with E-state index >= 15 is 0 Å². The number of aryl methyl sites for hydroxylation is 1. The minimum absolute atomic E-state index is 0.0514. The first-order chi connectivity index (χ1) is 12.5. The van der Waals surface area contributed by atoms with Gasteiger partial charge in [-0.25, -0.2) is 0 Å². The number of halogens is 2. The van der Waals surface area contributed by atoms with Crippen molar-refractivity contribution in [2.45, 2.75) is 25.4 Å². The van der Waals surface area contributed by atoms with E-state index in [2.05, 4.69) is 27.0 Å². The number of H-pyrrole nitrogens is 1. The van der Waals surface area contributed by atoms with Crippen molar-refractivity contribution < 1.29 is 9.53 Å². The minimum Gasteiger partial charge on any atom is -0.488 e. The number of carbonyl (C=O) groups excluding carboxylic acids is 1. The Hall–Kier alpha value is -2.11. The molecule has 0 amide bonds. The lowest BCUT2D eigenvalue weighted by Crippen LogP contribution is -2.27. The summed E-state index contributed by atoms with van der Waals surface area (Å²) in [6.45, 7) is 0. The van der Waals surface area contributed by atoms with E-state index < -0.39 is 0 Å². The number of aromatic amines is 1. The molecule has 1 aliphatic rings. The van der Waals surface area contributed by atoms with Crippen LogP contribution in [0.4, 0.5) is 0 Å². The Morgan fingerprint density at radius 3 is 2.85 bits per heavy atom. The van der Waals surface area contributed by atoms with Crippen LogP contribution in [0, 0.1) is 0 Å². The van der Waals surface area contributed by atoms with Gasteiger partial charge >= 0.3 is 0 Å². The number of carbonyl (C=O) groups is 1. The molecule has 1 unspecified atom stereocenters. The Kier molecular flexibility index (Phi) is 4.59. The molecule has 0 saturated heterocycles. The first kappa shape index (κ1) is 17.3. The van der Waals surface area contributed by atoms with Crippen LogP contribution in [0.15, 0.2) is 51.7 Å². The Balaban J connectivity index is 1.51. The van der Waals surface area contributed by atoms with Crippen molar-refractivity contribution in [2.24, 2.45) is 0 Å². The lowest BCUT2D eigenvalue weighted by molar-refractivity contribution is 0.0837. The van der Waals surface area contributed by atoms with Gasteiger partial charge in [-0.15, -0.1) is 0 Å². The summed E-state index contributed by atoms with van der Waals surface area (Å²) in [5, 5.41) is 1.51.